The van der Waals surface area contributed by atoms with Gasteiger partial charge in [0, 0.05) is 32.1 Å². The van der Waals surface area contributed by atoms with Crippen LogP contribution < -0.4 is 5.32 Å². The number of aliphatic carboxylic acids is 1. The molecule has 1 aromatic rings. The van der Waals surface area contributed by atoms with Crippen molar-refractivity contribution < 1.29 is 39.3 Å². The molecule has 29 heavy (non-hydrogen) atoms. The Morgan fingerprint density at radius 1 is 1.24 bits per heavy atom. The van der Waals surface area contributed by atoms with Crippen molar-refractivity contribution in [3.63, 3.8) is 0 Å². The van der Waals surface area contributed by atoms with Crippen LogP contribution in [0.3, 0.4) is 0 Å². The van der Waals surface area contributed by atoms with Crippen LogP contribution in [0.2, 0.25) is 0 Å². The number of piperidine rings is 1. The van der Waals surface area contributed by atoms with E-state index in [1.165, 1.54) is 19.2 Å². The van der Waals surface area contributed by atoms with Crippen LogP contribution in [-0.4, -0.2) is 74.1 Å². The van der Waals surface area contributed by atoms with E-state index in [-0.39, 0.29) is 37.1 Å². The fourth-order valence-electron chi connectivity index (χ4n) is 3.49. The Hall–Kier alpha value is -3.15. The van der Waals surface area contributed by atoms with Crippen LogP contribution in [-0.2, 0) is 27.5 Å². The molecule has 11 heteroatoms. The van der Waals surface area contributed by atoms with Crippen LogP contribution in [0.1, 0.15) is 44.7 Å². The van der Waals surface area contributed by atoms with E-state index >= 15 is 0 Å². The van der Waals surface area contributed by atoms with E-state index in [9.17, 15) is 34.2 Å². The Balaban J connectivity index is 1.89. The lowest BCUT2D eigenvalue weighted by atomic mass is 9.98. The third-order valence-electron chi connectivity index (χ3n) is 5.18. The van der Waals surface area contributed by atoms with Crippen molar-refractivity contribution in [2.75, 3.05) is 7.05 Å². The standard InChI is InChI=1S/C18H19N3O8/c1-20(13-2-3-14(23)19-15(13)24)16(25)12-5-10-7-21(18(28,29)17(26)27)6-9(10)4-11(12)8-22/h4-5,8,13,28-29H,2-3,6-7H2,1H3,(H,26,27)(H,19,23,24). The van der Waals surface area contributed by atoms with Crippen molar-refractivity contribution >= 4 is 30.0 Å². The normalized spacial score (nSPS) is 19.5. The summed E-state index contributed by atoms with van der Waals surface area (Å²) in [5.41, 5.74) is 0.932. The van der Waals surface area contributed by atoms with Gasteiger partial charge < -0.3 is 20.2 Å². The van der Waals surface area contributed by atoms with Gasteiger partial charge in [-0.1, -0.05) is 0 Å². The second-order valence-electron chi connectivity index (χ2n) is 7.01. The highest BCUT2D eigenvalue weighted by Crippen LogP contribution is 2.30. The van der Waals surface area contributed by atoms with Crippen LogP contribution in [0.5, 0.6) is 0 Å². The molecule has 0 radical (unpaired) electrons. The van der Waals surface area contributed by atoms with E-state index in [4.69, 9.17) is 5.11 Å². The lowest BCUT2D eigenvalue weighted by molar-refractivity contribution is -0.266. The van der Waals surface area contributed by atoms with Crippen molar-refractivity contribution in [1.29, 1.82) is 0 Å². The molecule has 1 saturated heterocycles. The minimum absolute atomic E-state index is 0.00963. The number of carboxylic acids is 1. The minimum atomic E-state index is -3.10. The number of rotatable bonds is 5. The van der Waals surface area contributed by atoms with E-state index < -0.39 is 35.6 Å². The first kappa shape index (κ1) is 20.6. The number of likely N-dealkylation sites (N-methyl/N-ethyl adjacent to an activating group) is 1. The van der Waals surface area contributed by atoms with Gasteiger partial charge in [0.15, 0.2) is 6.29 Å². The summed E-state index contributed by atoms with van der Waals surface area (Å²) >= 11 is 0. The van der Waals surface area contributed by atoms with Gasteiger partial charge in [-0.25, -0.2) is 9.69 Å². The summed E-state index contributed by atoms with van der Waals surface area (Å²) in [4.78, 5) is 60.8. The van der Waals surface area contributed by atoms with E-state index in [0.717, 1.165) is 9.80 Å². The number of hydrogen-bond acceptors (Lipinski definition) is 8. The number of benzene rings is 1. The summed E-state index contributed by atoms with van der Waals surface area (Å²) in [6.45, 7) is -0.316. The first-order valence-corrected chi connectivity index (χ1v) is 8.71. The van der Waals surface area contributed by atoms with Gasteiger partial charge in [-0.3, -0.25) is 24.5 Å². The first-order chi connectivity index (χ1) is 13.6. The Bertz CT molecular complexity index is 926. The largest absolute Gasteiger partial charge is 0.476 e. The summed E-state index contributed by atoms with van der Waals surface area (Å²) in [6, 6.07) is 1.88. The molecule has 1 aromatic carbocycles. The monoisotopic (exact) mass is 405 g/mol. The van der Waals surface area contributed by atoms with Crippen LogP contribution in [0.4, 0.5) is 0 Å². The van der Waals surface area contributed by atoms with Gasteiger partial charge in [0.05, 0.1) is 5.56 Å². The van der Waals surface area contributed by atoms with E-state index in [1.807, 2.05) is 0 Å². The molecule has 11 nitrogen and oxygen atoms in total. The van der Waals surface area contributed by atoms with Crippen molar-refractivity contribution in [3.8, 4) is 0 Å². The zero-order valence-corrected chi connectivity index (χ0v) is 15.4. The molecule has 0 spiro atoms. The Morgan fingerprint density at radius 3 is 2.41 bits per heavy atom. The number of hydrogen-bond donors (Lipinski definition) is 4. The summed E-state index contributed by atoms with van der Waals surface area (Å²) in [7, 11) is 1.38. The number of aliphatic hydroxyl groups is 2. The number of carboxylic acid groups (broad SMARTS) is 1. The Labute approximate surface area is 164 Å². The zero-order chi connectivity index (χ0) is 21.5. The number of carbonyl (C=O) groups excluding carboxylic acids is 4. The third kappa shape index (κ3) is 3.62. The topological polar surface area (TPSA) is 165 Å². The molecule has 4 N–H and O–H groups in total. The Kier molecular flexibility index (Phi) is 5.22. The molecular formula is C18H19N3O8. The molecule has 1 atom stereocenters. The number of fused-ring (bicyclic) bond motifs is 1. The van der Waals surface area contributed by atoms with Crippen LogP contribution in [0.25, 0.3) is 0 Å². The molecule has 154 valence electrons. The van der Waals surface area contributed by atoms with Crippen LogP contribution >= 0.6 is 0 Å². The molecule has 0 aromatic heterocycles. The maximum atomic E-state index is 12.9. The second kappa shape index (κ2) is 7.35. The number of carbonyl (C=O) groups is 5. The van der Waals surface area contributed by atoms with Gasteiger partial charge in [-0.2, -0.15) is 0 Å². The SMILES string of the molecule is CN(C(=O)c1cc2c(cc1C=O)CN(C(O)(O)C(=O)O)C2)C1CCC(=O)NC1=O. The lowest BCUT2D eigenvalue weighted by Crippen LogP contribution is -2.53. The fourth-order valence-corrected chi connectivity index (χ4v) is 3.49. The molecule has 2 heterocycles. The van der Waals surface area contributed by atoms with Crippen molar-refractivity contribution in [3.05, 3.63) is 34.4 Å². The van der Waals surface area contributed by atoms with Gasteiger partial charge in [0.2, 0.25) is 11.8 Å². The summed E-state index contributed by atoms with van der Waals surface area (Å²) in [5.74, 6) is -6.61. The van der Waals surface area contributed by atoms with E-state index in [1.54, 1.807) is 0 Å². The minimum Gasteiger partial charge on any atom is -0.476 e. The van der Waals surface area contributed by atoms with Crippen molar-refractivity contribution in [2.45, 2.75) is 37.9 Å². The molecule has 3 rings (SSSR count). The smallest absolute Gasteiger partial charge is 0.381 e. The predicted molar refractivity (Wildman–Crippen MR) is 94.1 cm³/mol. The maximum absolute atomic E-state index is 12.9. The highest BCUT2D eigenvalue weighted by Gasteiger charge is 2.44. The molecule has 3 amide bonds. The number of imide groups is 1. The molecule has 0 bridgehead atoms. The average Bonchev–Trinajstić information content (AvgIpc) is 3.09. The van der Waals surface area contributed by atoms with Gasteiger partial charge in [-0.15, -0.1) is 0 Å². The van der Waals surface area contributed by atoms with E-state index in [0.29, 0.717) is 17.4 Å². The molecule has 0 aliphatic carbocycles. The van der Waals surface area contributed by atoms with Gasteiger partial charge in [-0.05, 0) is 29.7 Å². The summed E-state index contributed by atoms with van der Waals surface area (Å²) < 4.78 is 0. The Morgan fingerprint density at radius 2 is 1.86 bits per heavy atom. The summed E-state index contributed by atoms with van der Waals surface area (Å²) in [5, 5.41) is 30.6. The molecule has 2 aliphatic rings. The highest BCUT2D eigenvalue weighted by molar-refractivity contribution is 6.06. The number of nitrogens with zero attached hydrogens (tertiary/aromatic N) is 2. The van der Waals surface area contributed by atoms with Gasteiger partial charge in [0.1, 0.15) is 6.04 Å². The first-order valence-electron chi connectivity index (χ1n) is 8.71. The highest BCUT2D eigenvalue weighted by atomic mass is 16.6. The number of amides is 3. The summed E-state index contributed by atoms with van der Waals surface area (Å²) in [6.07, 6.45) is 0.688. The second-order valence-corrected chi connectivity index (χ2v) is 7.01. The molecule has 0 saturated carbocycles. The third-order valence-corrected chi connectivity index (χ3v) is 5.18. The average molecular weight is 405 g/mol. The molecular weight excluding hydrogens is 386 g/mol. The van der Waals surface area contributed by atoms with Gasteiger partial charge >= 0.3 is 11.9 Å². The number of aldehydes is 1. The van der Waals surface area contributed by atoms with Crippen LogP contribution in [0.15, 0.2) is 12.1 Å². The van der Waals surface area contributed by atoms with Crippen molar-refractivity contribution in [1.82, 2.24) is 15.1 Å². The maximum Gasteiger partial charge on any atom is 0.381 e. The van der Waals surface area contributed by atoms with Crippen molar-refractivity contribution in [2.24, 2.45) is 0 Å². The quantitative estimate of drug-likeness (QED) is 0.257. The predicted octanol–water partition coefficient (Wildman–Crippen LogP) is -1.59. The zero-order valence-electron chi connectivity index (χ0n) is 15.4. The molecule has 1 unspecified atom stereocenters. The van der Waals surface area contributed by atoms with Gasteiger partial charge in [0.25, 0.3) is 5.91 Å². The van der Waals surface area contributed by atoms with E-state index in [2.05, 4.69) is 5.32 Å². The fraction of sp³-hybridized carbons (Fsp3) is 0.389. The van der Waals surface area contributed by atoms with Crippen LogP contribution in [0, 0.1) is 0 Å². The lowest BCUT2D eigenvalue weighted by Gasteiger charge is -2.30. The molecule has 1 fully saturated rings. The number of nitrogens with one attached hydrogen (secondary N) is 1. The molecule has 2 aliphatic heterocycles.